The highest BCUT2D eigenvalue weighted by atomic mass is 16.5. The van der Waals surface area contributed by atoms with Gasteiger partial charge in [-0.25, -0.2) is 0 Å². The third-order valence-electron chi connectivity index (χ3n) is 4.35. The maximum absolute atomic E-state index is 12.5. The third-order valence-corrected chi connectivity index (χ3v) is 4.35. The molecule has 2 aromatic rings. The van der Waals surface area contributed by atoms with Crippen LogP contribution in [0, 0.1) is 0 Å². The Morgan fingerprint density at radius 1 is 1.24 bits per heavy atom. The Bertz CT molecular complexity index is 776. The number of carbonyl (C=O) groups is 1. The highest BCUT2D eigenvalue weighted by Gasteiger charge is 2.32. The summed E-state index contributed by atoms with van der Waals surface area (Å²) in [6.07, 6.45) is 3.15. The number of hydrogen-bond acceptors (Lipinski definition) is 5. The van der Waals surface area contributed by atoms with E-state index in [0.717, 1.165) is 24.8 Å². The Morgan fingerprint density at radius 2 is 2.04 bits per heavy atom. The molecule has 0 saturated carbocycles. The van der Waals surface area contributed by atoms with E-state index in [4.69, 9.17) is 10.5 Å². The van der Waals surface area contributed by atoms with Crippen LogP contribution in [0.4, 0.5) is 11.6 Å². The SMILES string of the molecule is CCCCOc1nc(N)c2c(n1)N(Cc1cccc(CC)c1)C(=O)C2. The van der Waals surface area contributed by atoms with E-state index in [1.54, 1.807) is 4.90 Å². The van der Waals surface area contributed by atoms with Crippen molar-refractivity contribution in [3.05, 3.63) is 41.0 Å². The second kappa shape index (κ2) is 7.51. The first-order valence-corrected chi connectivity index (χ1v) is 8.79. The molecule has 0 saturated heterocycles. The van der Waals surface area contributed by atoms with Crippen molar-refractivity contribution in [2.24, 2.45) is 0 Å². The summed E-state index contributed by atoms with van der Waals surface area (Å²) < 4.78 is 5.58. The van der Waals surface area contributed by atoms with Gasteiger partial charge in [0.25, 0.3) is 0 Å². The third kappa shape index (κ3) is 3.73. The quantitative estimate of drug-likeness (QED) is 0.784. The topological polar surface area (TPSA) is 81.3 Å². The first-order chi connectivity index (χ1) is 12.1. The van der Waals surface area contributed by atoms with Gasteiger partial charge in [0.15, 0.2) is 0 Å². The van der Waals surface area contributed by atoms with Crippen LogP contribution >= 0.6 is 0 Å². The van der Waals surface area contributed by atoms with E-state index in [1.807, 2.05) is 12.1 Å². The molecule has 2 heterocycles. The number of fused-ring (bicyclic) bond motifs is 1. The summed E-state index contributed by atoms with van der Waals surface area (Å²) in [5.74, 6) is 0.893. The molecule has 1 aromatic carbocycles. The number of nitrogens with zero attached hydrogens (tertiary/aromatic N) is 3. The number of nitrogen functional groups attached to an aromatic ring is 1. The smallest absolute Gasteiger partial charge is 0.320 e. The Labute approximate surface area is 148 Å². The van der Waals surface area contributed by atoms with E-state index in [-0.39, 0.29) is 18.3 Å². The first kappa shape index (κ1) is 17.2. The molecule has 6 heteroatoms. The van der Waals surface area contributed by atoms with Crippen LogP contribution < -0.4 is 15.4 Å². The number of rotatable bonds is 7. The zero-order chi connectivity index (χ0) is 17.8. The first-order valence-electron chi connectivity index (χ1n) is 8.79. The molecule has 0 fully saturated rings. The van der Waals surface area contributed by atoms with Crippen molar-refractivity contribution in [1.82, 2.24) is 9.97 Å². The average molecular weight is 340 g/mol. The number of aryl methyl sites for hydroxylation is 1. The maximum Gasteiger partial charge on any atom is 0.320 e. The average Bonchev–Trinajstić information content (AvgIpc) is 2.92. The molecule has 25 heavy (non-hydrogen) atoms. The molecule has 2 N–H and O–H groups in total. The summed E-state index contributed by atoms with van der Waals surface area (Å²) in [5.41, 5.74) is 9.05. The van der Waals surface area contributed by atoms with Crippen LogP contribution in [0.2, 0.25) is 0 Å². The molecule has 0 aliphatic carbocycles. The highest BCUT2D eigenvalue weighted by Crippen LogP contribution is 2.33. The van der Waals surface area contributed by atoms with Gasteiger partial charge >= 0.3 is 6.01 Å². The zero-order valence-electron chi connectivity index (χ0n) is 14.8. The number of ether oxygens (including phenoxy) is 1. The Morgan fingerprint density at radius 3 is 2.80 bits per heavy atom. The summed E-state index contributed by atoms with van der Waals surface area (Å²) in [4.78, 5) is 22.8. The fourth-order valence-corrected chi connectivity index (χ4v) is 2.89. The minimum atomic E-state index is -0.0105. The van der Waals surface area contributed by atoms with E-state index in [2.05, 4.69) is 35.9 Å². The van der Waals surface area contributed by atoms with E-state index >= 15 is 0 Å². The van der Waals surface area contributed by atoms with Crippen LogP contribution in [0.3, 0.4) is 0 Å². The fourth-order valence-electron chi connectivity index (χ4n) is 2.89. The van der Waals surface area contributed by atoms with Gasteiger partial charge in [0, 0.05) is 5.56 Å². The number of anilines is 2. The minimum Gasteiger partial charge on any atom is -0.463 e. The monoisotopic (exact) mass is 340 g/mol. The molecule has 0 atom stereocenters. The number of benzene rings is 1. The molecule has 6 nitrogen and oxygen atoms in total. The van der Waals surface area contributed by atoms with Crippen LogP contribution in [0.15, 0.2) is 24.3 Å². The van der Waals surface area contributed by atoms with Gasteiger partial charge in [-0.05, 0) is 24.0 Å². The summed E-state index contributed by atoms with van der Waals surface area (Å²) in [6, 6.07) is 8.49. The van der Waals surface area contributed by atoms with Gasteiger partial charge in [-0.2, -0.15) is 9.97 Å². The predicted molar refractivity (Wildman–Crippen MR) is 97.6 cm³/mol. The van der Waals surface area contributed by atoms with Crippen molar-refractivity contribution < 1.29 is 9.53 Å². The molecule has 0 radical (unpaired) electrons. The van der Waals surface area contributed by atoms with E-state index in [1.165, 1.54) is 5.56 Å². The van der Waals surface area contributed by atoms with Crippen molar-refractivity contribution in [2.45, 2.75) is 46.1 Å². The number of hydrogen-bond donors (Lipinski definition) is 1. The molecule has 1 aliphatic rings. The number of aromatic nitrogens is 2. The van der Waals surface area contributed by atoms with Gasteiger partial charge in [0.05, 0.1) is 19.6 Å². The van der Waals surface area contributed by atoms with Gasteiger partial charge < -0.3 is 10.5 Å². The largest absolute Gasteiger partial charge is 0.463 e. The number of unbranched alkanes of at least 4 members (excludes halogenated alkanes) is 1. The zero-order valence-corrected chi connectivity index (χ0v) is 14.8. The molecule has 0 unspecified atom stereocenters. The molecule has 1 amide bonds. The molecule has 3 rings (SSSR count). The Balaban J connectivity index is 1.86. The van der Waals surface area contributed by atoms with Crippen LogP contribution in [0.1, 0.15) is 43.4 Å². The number of amides is 1. The van der Waals surface area contributed by atoms with Gasteiger partial charge in [-0.1, -0.05) is 44.5 Å². The van der Waals surface area contributed by atoms with Crippen molar-refractivity contribution in [1.29, 1.82) is 0 Å². The van der Waals surface area contributed by atoms with Crippen molar-refractivity contribution in [3.63, 3.8) is 0 Å². The highest BCUT2D eigenvalue weighted by molar-refractivity contribution is 6.01. The summed E-state index contributed by atoms with van der Waals surface area (Å²) >= 11 is 0. The lowest BCUT2D eigenvalue weighted by molar-refractivity contribution is -0.117. The number of carbonyl (C=O) groups excluding carboxylic acids is 1. The van der Waals surface area contributed by atoms with E-state index < -0.39 is 0 Å². The Kier molecular flexibility index (Phi) is 5.16. The summed E-state index contributed by atoms with van der Waals surface area (Å²) in [6.45, 7) is 5.22. The van der Waals surface area contributed by atoms with Crippen LogP contribution in [0.5, 0.6) is 6.01 Å². The molecular weight excluding hydrogens is 316 g/mol. The second-order valence-electron chi connectivity index (χ2n) is 6.23. The van der Waals surface area contributed by atoms with E-state index in [0.29, 0.717) is 30.4 Å². The standard InChI is InChI=1S/C19H24N4O2/c1-3-5-9-25-19-21-17(20)15-11-16(24)23(18(15)22-19)12-14-8-6-7-13(4-2)10-14/h6-8,10H,3-5,9,11-12H2,1-2H3,(H2,20,21,22). The second-order valence-corrected chi connectivity index (χ2v) is 6.23. The van der Waals surface area contributed by atoms with E-state index in [9.17, 15) is 4.79 Å². The molecule has 1 aliphatic heterocycles. The number of nitrogens with two attached hydrogens (primary N) is 1. The van der Waals surface area contributed by atoms with Crippen LogP contribution in [0.25, 0.3) is 0 Å². The van der Waals surface area contributed by atoms with Crippen molar-refractivity contribution >= 4 is 17.5 Å². The van der Waals surface area contributed by atoms with Gasteiger partial charge in [0.1, 0.15) is 11.6 Å². The molecular formula is C19H24N4O2. The van der Waals surface area contributed by atoms with Gasteiger partial charge in [-0.3, -0.25) is 9.69 Å². The molecule has 1 aromatic heterocycles. The van der Waals surface area contributed by atoms with Gasteiger partial charge in [-0.15, -0.1) is 0 Å². The fraction of sp³-hybridized carbons (Fsp3) is 0.421. The summed E-state index contributed by atoms with van der Waals surface area (Å²) in [5, 5.41) is 0. The molecule has 0 bridgehead atoms. The van der Waals surface area contributed by atoms with Crippen LogP contribution in [-0.2, 0) is 24.2 Å². The minimum absolute atomic E-state index is 0.0105. The predicted octanol–water partition coefficient (Wildman–Crippen LogP) is 2.89. The lowest BCUT2D eigenvalue weighted by atomic mass is 10.1. The lowest BCUT2D eigenvalue weighted by Crippen LogP contribution is -2.26. The maximum atomic E-state index is 12.5. The van der Waals surface area contributed by atoms with Gasteiger partial charge in [0.2, 0.25) is 5.91 Å². The Hall–Kier alpha value is -2.63. The van der Waals surface area contributed by atoms with Crippen LogP contribution in [-0.4, -0.2) is 22.5 Å². The molecule has 0 spiro atoms. The summed E-state index contributed by atoms with van der Waals surface area (Å²) in [7, 11) is 0. The normalized spacial score (nSPS) is 13.2. The molecule has 132 valence electrons. The van der Waals surface area contributed by atoms with Crippen molar-refractivity contribution in [3.8, 4) is 6.01 Å². The lowest BCUT2D eigenvalue weighted by Gasteiger charge is -2.17. The van der Waals surface area contributed by atoms with Crippen molar-refractivity contribution in [2.75, 3.05) is 17.2 Å².